The van der Waals surface area contributed by atoms with Crippen molar-refractivity contribution in [1.82, 2.24) is 10.3 Å². The molecule has 3 heteroatoms. The number of allylic oxidation sites excluding steroid dienone is 1. The summed E-state index contributed by atoms with van der Waals surface area (Å²) in [6.45, 7) is 2.68. The van der Waals surface area contributed by atoms with Gasteiger partial charge in [-0.05, 0) is 62.8 Å². The molecule has 2 aromatic rings. The highest BCUT2D eigenvalue weighted by molar-refractivity contribution is 5.99. The molecule has 3 rings (SSSR count). The fourth-order valence-corrected chi connectivity index (χ4v) is 3.08. The molecular formula is C18H22N2O. The van der Waals surface area contributed by atoms with E-state index >= 15 is 0 Å². The number of benzene rings is 1. The molecule has 2 N–H and O–H groups in total. The van der Waals surface area contributed by atoms with Crippen LogP contribution in [0.3, 0.4) is 0 Å². The van der Waals surface area contributed by atoms with Crippen molar-refractivity contribution < 1.29 is 4.79 Å². The summed E-state index contributed by atoms with van der Waals surface area (Å²) in [5.74, 6) is 0.0205. The van der Waals surface area contributed by atoms with Gasteiger partial charge < -0.3 is 10.3 Å². The highest BCUT2D eigenvalue weighted by Gasteiger charge is 2.16. The number of amides is 1. The molecule has 0 atom stereocenters. The van der Waals surface area contributed by atoms with Crippen LogP contribution in [0.25, 0.3) is 10.9 Å². The number of aromatic amines is 1. The van der Waals surface area contributed by atoms with Gasteiger partial charge in [-0.1, -0.05) is 12.2 Å². The molecule has 0 saturated heterocycles. The van der Waals surface area contributed by atoms with Crippen LogP contribution >= 0.6 is 0 Å². The van der Waals surface area contributed by atoms with E-state index in [2.05, 4.69) is 16.4 Å². The summed E-state index contributed by atoms with van der Waals surface area (Å²) < 4.78 is 0. The predicted octanol–water partition coefficient (Wildman–Crippen LogP) is 3.74. The zero-order valence-corrected chi connectivity index (χ0v) is 12.5. The van der Waals surface area contributed by atoms with Crippen LogP contribution in [0.1, 0.15) is 47.8 Å². The highest BCUT2D eigenvalue weighted by atomic mass is 16.1. The van der Waals surface area contributed by atoms with E-state index in [1.165, 1.54) is 29.5 Å². The SMILES string of the molecule is C/C=C/CCNC(=O)c1ccc2[nH]c3c(c2c1)CCCC3. The standard InChI is InChI=1S/C18H22N2O/c1-2-3-6-11-19-18(21)13-9-10-17-15(12-13)14-7-4-5-8-16(14)20-17/h2-3,9-10,12,20H,4-8,11H2,1H3,(H,19,21)/b3-2+. The number of fused-ring (bicyclic) bond motifs is 3. The zero-order chi connectivity index (χ0) is 14.7. The minimum atomic E-state index is 0.0205. The van der Waals surface area contributed by atoms with Gasteiger partial charge in [0.2, 0.25) is 0 Å². The van der Waals surface area contributed by atoms with Crippen molar-refractivity contribution in [1.29, 1.82) is 0 Å². The topological polar surface area (TPSA) is 44.9 Å². The average molecular weight is 282 g/mol. The van der Waals surface area contributed by atoms with Gasteiger partial charge in [-0.2, -0.15) is 0 Å². The summed E-state index contributed by atoms with van der Waals surface area (Å²) in [6.07, 6.45) is 9.72. The molecule has 1 aromatic carbocycles. The fraction of sp³-hybridized carbons (Fsp3) is 0.389. The third-order valence-corrected chi connectivity index (χ3v) is 4.19. The Morgan fingerprint density at radius 2 is 2.19 bits per heavy atom. The van der Waals surface area contributed by atoms with E-state index in [-0.39, 0.29) is 5.91 Å². The molecule has 0 bridgehead atoms. The van der Waals surface area contributed by atoms with Crippen molar-refractivity contribution in [2.45, 2.75) is 39.0 Å². The minimum absolute atomic E-state index is 0.0205. The van der Waals surface area contributed by atoms with Crippen molar-refractivity contribution in [3.05, 3.63) is 47.2 Å². The lowest BCUT2D eigenvalue weighted by Crippen LogP contribution is -2.24. The van der Waals surface area contributed by atoms with Gasteiger partial charge in [-0.25, -0.2) is 0 Å². The van der Waals surface area contributed by atoms with Crippen LogP contribution < -0.4 is 5.32 Å². The summed E-state index contributed by atoms with van der Waals surface area (Å²) in [5.41, 5.74) is 4.70. The van der Waals surface area contributed by atoms with Gasteiger partial charge in [0.25, 0.3) is 5.91 Å². The number of aromatic nitrogens is 1. The largest absolute Gasteiger partial charge is 0.358 e. The maximum Gasteiger partial charge on any atom is 0.251 e. The molecular weight excluding hydrogens is 260 g/mol. The molecule has 0 aliphatic heterocycles. The van der Waals surface area contributed by atoms with Gasteiger partial charge in [0, 0.05) is 28.7 Å². The van der Waals surface area contributed by atoms with Crippen molar-refractivity contribution >= 4 is 16.8 Å². The third-order valence-electron chi connectivity index (χ3n) is 4.19. The van der Waals surface area contributed by atoms with Gasteiger partial charge in [-0.3, -0.25) is 4.79 Å². The van der Waals surface area contributed by atoms with E-state index in [0.29, 0.717) is 6.54 Å². The lowest BCUT2D eigenvalue weighted by Gasteiger charge is -2.10. The lowest BCUT2D eigenvalue weighted by molar-refractivity contribution is 0.0954. The Labute approximate surface area is 125 Å². The van der Waals surface area contributed by atoms with E-state index in [9.17, 15) is 4.79 Å². The highest BCUT2D eigenvalue weighted by Crippen LogP contribution is 2.29. The second-order valence-electron chi connectivity index (χ2n) is 5.66. The Hall–Kier alpha value is -2.03. The molecule has 0 unspecified atom stereocenters. The molecule has 21 heavy (non-hydrogen) atoms. The first-order valence-electron chi connectivity index (χ1n) is 7.82. The van der Waals surface area contributed by atoms with Crippen LogP contribution in [0, 0.1) is 0 Å². The Kier molecular flexibility index (Phi) is 4.09. The van der Waals surface area contributed by atoms with Crippen LogP contribution in [0.2, 0.25) is 0 Å². The lowest BCUT2D eigenvalue weighted by atomic mass is 9.95. The number of H-pyrrole nitrogens is 1. The van der Waals surface area contributed by atoms with Gasteiger partial charge in [0.1, 0.15) is 0 Å². The van der Waals surface area contributed by atoms with Crippen molar-refractivity contribution in [2.24, 2.45) is 0 Å². The average Bonchev–Trinajstić information content (AvgIpc) is 2.89. The van der Waals surface area contributed by atoms with Crippen LogP contribution in [0.4, 0.5) is 0 Å². The van der Waals surface area contributed by atoms with Gasteiger partial charge >= 0.3 is 0 Å². The van der Waals surface area contributed by atoms with Crippen molar-refractivity contribution in [3.8, 4) is 0 Å². The first-order valence-corrected chi connectivity index (χ1v) is 7.82. The number of hydrogen-bond acceptors (Lipinski definition) is 1. The van der Waals surface area contributed by atoms with E-state index in [1.807, 2.05) is 31.2 Å². The number of hydrogen-bond donors (Lipinski definition) is 2. The maximum absolute atomic E-state index is 12.2. The number of rotatable bonds is 4. The molecule has 0 saturated carbocycles. The predicted molar refractivity (Wildman–Crippen MR) is 86.7 cm³/mol. The Balaban J connectivity index is 1.81. The molecule has 0 fully saturated rings. The van der Waals surface area contributed by atoms with Gasteiger partial charge in [0.15, 0.2) is 0 Å². The first-order chi connectivity index (χ1) is 10.3. The maximum atomic E-state index is 12.2. The molecule has 110 valence electrons. The third kappa shape index (κ3) is 2.87. The quantitative estimate of drug-likeness (QED) is 0.651. The van der Waals surface area contributed by atoms with Crippen LogP contribution in [0.5, 0.6) is 0 Å². The second kappa shape index (κ2) is 6.17. The molecule has 3 nitrogen and oxygen atoms in total. The fourth-order valence-electron chi connectivity index (χ4n) is 3.08. The van der Waals surface area contributed by atoms with E-state index in [1.54, 1.807) is 0 Å². The van der Waals surface area contributed by atoms with E-state index in [4.69, 9.17) is 0 Å². The van der Waals surface area contributed by atoms with Gasteiger partial charge in [-0.15, -0.1) is 0 Å². The Morgan fingerprint density at radius 3 is 3.05 bits per heavy atom. The Morgan fingerprint density at radius 1 is 1.33 bits per heavy atom. The normalized spacial score (nSPS) is 14.5. The van der Waals surface area contributed by atoms with E-state index in [0.717, 1.165) is 30.3 Å². The molecule has 1 aliphatic carbocycles. The molecule has 1 heterocycles. The summed E-state index contributed by atoms with van der Waals surface area (Å²) in [7, 11) is 0. The summed E-state index contributed by atoms with van der Waals surface area (Å²) in [4.78, 5) is 15.7. The molecule has 1 aromatic heterocycles. The van der Waals surface area contributed by atoms with Crippen LogP contribution in [-0.2, 0) is 12.8 Å². The first kappa shape index (κ1) is 13.9. The minimum Gasteiger partial charge on any atom is -0.358 e. The van der Waals surface area contributed by atoms with E-state index < -0.39 is 0 Å². The number of aryl methyl sites for hydroxylation is 2. The zero-order valence-electron chi connectivity index (χ0n) is 12.5. The summed E-state index contributed by atoms with van der Waals surface area (Å²) >= 11 is 0. The summed E-state index contributed by atoms with van der Waals surface area (Å²) in [6, 6.07) is 5.99. The number of carbonyl (C=O) groups is 1. The molecule has 0 spiro atoms. The smallest absolute Gasteiger partial charge is 0.251 e. The van der Waals surface area contributed by atoms with Crippen LogP contribution in [-0.4, -0.2) is 17.4 Å². The second-order valence-corrected chi connectivity index (χ2v) is 5.66. The van der Waals surface area contributed by atoms with Gasteiger partial charge in [0.05, 0.1) is 0 Å². The molecule has 1 amide bonds. The van der Waals surface area contributed by atoms with Crippen molar-refractivity contribution in [3.63, 3.8) is 0 Å². The Bertz CT molecular complexity index is 682. The van der Waals surface area contributed by atoms with Crippen LogP contribution in [0.15, 0.2) is 30.4 Å². The number of nitrogens with one attached hydrogen (secondary N) is 2. The number of carbonyl (C=O) groups excluding carboxylic acids is 1. The molecule has 0 radical (unpaired) electrons. The molecule has 1 aliphatic rings. The van der Waals surface area contributed by atoms with Crippen molar-refractivity contribution in [2.75, 3.05) is 6.54 Å². The monoisotopic (exact) mass is 282 g/mol. The summed E-state index contributed by atoms with van der Waals surface area (Å²) in [5, 5.41) is 4.20.